The lowest BCUT2D eigenvalue weighted by Crippen LogP contribution is -2.26. The van der Waals surface area contributed by atoms with Crippen molar-refractivity contribution in [3.05, 3.63) is 76.5 Å². The van der Waals surface area contributed by atoms with Gasteiger partial charge in [0.05, 0.1) is 34.5 Å². The third-order valence-electron chi connectivity index (χ3n) is 4.87. The van der Waals surface area contributed by atoms with E-state index in [-0.39, 0.29) is 5.91 Å². The van der Waals surface area contributed by atoms with Crippen molar-refractivity contribution in [3.63, 3.8) is 0 Å². The third kappa shape index (κ3) is 2.88. The zero-order valence-electron chi connectivity index (χ0n) is 14.5. The molecule has 0 bridgehead atoms. The SMILES string of the molecule is O=C1c2c(-c3cscn3)ccnc2CN1CCc1ccc2ccccc2n1. The van der Waals surface area contributed by atoms with Gasteiger partial charge in [0.25, 0.3) is 5.91 Å². The van der Waals surface area contributed by atoms with E-state index < -0.39 is 0 Å². The highest BCUT2D eigenvalue weighted by atomic mass is 32.1. The second kappa shape index (κ2) is 6.55. The lowest BCUT2D eigenvalue weighted by atomic mass is 10.1. The Morgan fingerprint density at radius 2 is 2.00 bits per heavy atom. The first-order valence-corrected chi connectivity index (χ1v) is 9.74. The average Bonchev–Trinajstić information content (AvgIpc) is 3.35. The van der Waals surface area contributed by atoms with E-state index >= 15 is 0 Å². The van der Waals surface area contributed by atoms with Crippen LogP contribution in [0, 0.1) is 0 Å². The number of carbonyl (C=O) groups excluding carboxylic acids is 1. The second-order valence-electron chi connectivity index (χ2n) is 6.53. The van der Waals surface area contributed by atoms with Gasteiger partial charge in [-0.25, -0.2) is 4.98 Å². The second-order valence-corrected chi connectivity index (χ2v) is 7.24. The number of rotatable bonds is 4. The van der Waals surface area contributed by atoms with E-state index in [0.29, 0.717) is 18.7 Å². The highest BCUT2D eigenvalue weighted by Gasteiger charge is 2.31. The molecule has 0 unspecified atom stereocenters. The fraction of sp³-hybridized carbons (Fsp3) is 0.143. The number of benzene rings is 1. The number of hydrogen-bond donors (Lipinski definition) is 0. The number of carbonyl (C=O) groups is 1. The minimum atomic E-state index is 0.0295. The molecule has 0 saturated carbocycles. The quantitative estimate of drug-likeness (QED) is 0.544. The van der Waals surface area contributed by atoms with Crippen LogP contribution in [-0.4, -0.2) is 32.3 Å². The number of hydrogen-bond acceptors (Lipinski definition) is 5. The van der Waals surface area contributed by atoms with Gasteiger partial charge in [-0.3, -0.25) is 14.8 Å². The Balaban J connectivity index is 1.37. The van der Waals surface area contributed by atoms with Crippen molar-refractivity contribution in [1.29, 1.82) is 0 Å². The van der Waals surface area contributed by atoms with E-state index in [9.17, 15) is 4.79 Å². The van der Waals surface area contributed by atoms with Crippen LogP contribution >= 0.6 is 11.3 Å². The Morgan fingerprint density at radius 1 is 1.07 bits per heavy atom. The van der Waals surface area contributed by atoms with Gasteiger partial charge in [0.15, 0.2) is 0 Å². The molecular formula is C21H16N4OS. The lowest BCUT2D eigenvalue weighted by molar-refractivity contribution is 0.0780. The average molecular weight is 372 g/mol. The summed E-state index contributed by atoms with van der Waals surface area (Å²) in [6, 6.07) is 14.1. The minimum Gasteiger partial charge on any atom is -0.332 e. The van der Waals surface area contributed by atoms with Crippen LogP contribution in [0.1, 0.15) is 21.7 Å². The summed E-state index contributed by atoms with van der Waals surface area (Å²) in [7, 11) is 0. The predicted molar refractivity (Wildman–Crippen MR) is 106 cm³/mol. The number of para-hydroxylation sites is 1. The van der Waals surface area contributed by atoms with Crippen molar-refractivity contribution in [2.24, 2.45) is 0 Å². The number of fused-ring (bicyclic) bond motifs is 2. The summed E-state index contributed by atoms with van der Waals surface area (Å²) < 4.78 is 0. The molecule has 5 nitrogen and oxygen atoms in total. The lowest BCUT2D eigenvalue weighted by Gasteiger charge is -2.15. The maximum absolute atomic E-state index is 13.0. The Labute approximate surface area is 160 Å². The smallest absolute Gasteiger partial charge is 0.256 e. The molecule has 1 aromatic carbocycles. The highest BCUT2D eigenvalue weighted by molar-refractivity contribution is 7.07. The van der Waals surface area contributed by atoms with Crippen LogP contribution in [0.4, 0.5) is 0 Å². The molecule has 4 heterocycles. The summed E-state index contributed by atoms with van der Waals surface area (Å²) in [4.78, 5) is 28.3. The van der Waals surface area contributed by atoms with E-state index in [2.05, 4.69) is 22.1 Å². The van der Waals surface area contributed by atoms with Crippen LogP contribution in [0.5, 0.6) is 0 Å². The van der Waals surface area contributed by atoms with Gasteiger partial charge in [0.1, 0.15) is 0 Å². The molecule has 0 N–H and O–H groups in total. The largest absolute Gasteiger partial charge is 0.332 e. The number of pyridine rings is 2. The molecule has 5 rings (SSSR count). The van der Waals surface area contributed by atoms with Gasteiger partial charge in [-0.2, -0.15) is 0 Å². The zero-order valence-corrected chi connectivity index (χ0v) is 15.3. The molecule has 0 spiro atoms. The van der Waals surface area contributed by atoms with E-state index in [1.54, 1.807) is 11.7 Å². The molecular weight excluding hydrogens is 356 g/mol. The molecule has 6 heteroatoms. The Morgan fingerprint density at radius 3 is 2.89 bits per heavy atom. The first-order chi connectivity index (χ1) is 13.3. The summed E-state index contributed by atoms with van der Waals surface area (Å²) in [6.07, 6.45) is 2.48. The zero-order chi connectivity index (χ0) is 18.2. The minimum absolute atomic E-state index is 0.0295. The van der Waals surface area contributed by atoms with Gasteiger partial charge in [-0.05, 0) is 18.2 Å². The number of nitrogens with zero attached hydrogens (tertiary/aromatic N) is 4. The highest BCUT2D eigenvalue weighted by Crippen LogP contribution is 2.31. The van der Waals surface area contributed by atoms with Crippen LogP contribution < -0.4 is 0 Å². The van der Waals surface area contributed by atoms with Crippen molar-refractivity contribution in [2.45, 2.75) is 13.0 Å². The van der Waals surface area contributed by atoms with Gasteiger partial charge in [0, 0.05) is 41.2 Å². The van der Waals surface area contributed by atoms with Crippen LogP contribution in [0.15, 0.2) is 59.6 Å². The molecule has 132 valence electrons. The van der Waals surface area contributed by atoms with Crippen molar-refractivity contribution in [1.82, 2.24) is 19.9 Å². The molecule has 3 aromatic heterocycles. The van der Waals surface area contributed by atoms with E-state index in [1.807, 2.05) is 40.6 Å². The maximum atomic E-state index is 13.0. The van der Waals surface area contributed by atoms with Crippen molar-refractivity contribution in [3.8, 4) is 11.3 Å². The van der Waals surface area contributed by atoms with Crippen LogP contribution in [0.3, 0.4) is 0 Å². The molecule has 27 heavy (non-hydrogen) atoms. The summed E-state index contributed by atoms with van der Waals surface area (Å²) >= 11 is 1.53. The fourth-order valence-electron chi connectivity index (χ4n) is 3.51. The summed E-state index contributed by atoms with van der Waals surface area (Å²) in [5.41, 5.74) is 6.99. The number of aromatic nitrogens is 3. The maximum Gasteiger partial charge on any atom is 0.256 e. The molecule has 0 aliphatic carbocycles. The first-order valence-electron chi connectivity index (χ1n) is 8.80. The Bertz CT molecular complexity index is 1140. The molecule has 1 aliphatic rings. The van der Waals surface area contributed by atoms with Crippen LogP contribution in [-0.2, 0) is 13.0 Å². The number of amides is 1. The van der Waals surface area contributed by atoms with Crippen LogP contribution in [0.25, 0.3) is 22.2 Å². The standard InChI is InChI=1S/C21H16N4OS/c26-21-20-16(19-12-27-13-23-19)7-9-22-18(20)11-25(21)10-8-15-6-5-14-3-1-2-4-17(14)24-15/h1-7,9,12-13H,8,10-11H2. The molecule has 0 radical (unpaired) electrons. The van der Waals surface area contributed by atoms with Crippen molar-refractivity contribution < 1.29 is 4.79 Å². The molecule has 0 atom stereocenters. The van der Waals surface area contributed by atoms with Gasteiger partial charge in [-0.1, -0.05) is 24.3 Å². The predicted octanol–water partition coefficient (Wildman–Crippen LogP) is 3.95. The molecule has 0 fully saturated rings. The normalized spacial score (nSPS) is 13.3. The van der Waals surface area contributed by atoms with Gasteiger partial charge in [0.2, 0.25) is 0 Å². The summed E-state index contributed by atoms with van der Waals surface area (Å²) in [6.45, 7) is 1.16. The fourth-order valence-corrected chi connectivity index (χ4v) is 4.06. The topological polar surface area (TPSA) is 59.0 Å². The van der Waals surface area contributed by atoms with Crippen molar-refractivity contribution in [2.75, 3.05) is 6.54 Å². The van der Waals surface area contributed by atoms with Gasteiger partial charge >= 0.3 is 0 Å². The van der Waals surface area contributed by atoms with Gasteiger partial charge in [-0.15, -0.1) is 11.3 Å². The molecule has 1 aliphatic heterocycles. The first kappa shape index (κ1) is 16.1. The summed E-state index contributed by atoms with van der Waals surface area (Å²) in [5, 5.41) is 3.09. The molecule has 1 amide bonds. The third-order valence-corrected chi connectivity index (χ3v) is 5.46. The van der Waals surface area contributed by atoms with Crippen LogP contribution in [0.2, 0.25) is 0 Å². The van der Waals surface area contributed by atoms with Crippen molar-refractivity contribution >= 4 is 28.1 Å². The monoisotopic (exact) mass is 372 g/mol. The van der Waals surface area contributed by atoms with E-state index in [0.717, 1.165) is 40.0 Å². The summed E-state index contributed by atoms with van der Waals surface area (Å²) in [5.74, 6) is 0.0295. The van der Waals surface area contributed by atoms with E-state index in [1.165, 1.54) is 11.3 Å². The molecule has 0 saturated heterocycles. The Hall–Kier alpha value is -3.12. The van der Waals surface area contributed by atoms with E-state index in [4.69, 9.17) is 4.98 Å². The van der Waals surface area contributed by atoms with Gasteiger partial charge < -0.3 is 4.90 Å². The number of thiazole rings is 1. The Kier molecular flexibility index (Phi) is 3.90. The molecule has 4 aromatic rings.